The van der Waals surface area contributed by atoms with E-state index < -0.39 is 11.6 Å². The van der Waals surface area contributed by atoms with E-state index in [0.717, 1.165) is 25.7 Å². The Hall–Kier alpha value is -1.93. The lowest BCUT2D eigenvalue weighted by molar-refractivity contribution is 0.0520. The van der Waals surface area contributed by atoms with E-state index in [0.29, 0.717) is 16.3 Å². The number of carbonyl (C=O) groups is 1. The molecule has 6 heteroatoms. The SMILES string of the molecule is CC(C)(C)N(C(=O)O)[C@@H]1CCCC[C@H]1Nc1cc(Cl)ccc1C#N. The Morgan fingerprint density at radius 3 is 2.62 bits per heavy atom. The molecule has 0 unspecified atom stereocenters. The minimum absolute atomic E-state index is 0.0420. The number of benzene rings is 1. The number of anilines is 1. The van der Waals surface area contributed by atoms with E-state index in [4.69, 9.17) is 11.6 Å². The molecule has 0 aromatic heterocycles. The van der Waals surface area contributed by atoms with Crippen LogP contribution in [0.5, 0.6) is 0 Å². The van der Waals surface area contributed by atoms with Gasteiger partial charge in [-0.25, -0.2) is 4.79 Å². The first-order valence-electron chi connectivity index (χ1n) is 8.22. The van der Waals surface area contributed by atoms with Gasteiger partial charge in [0.15, 0.2) is 0 Å². The fraction of sp³-hybridized carbons (Fsp3) is 0.556. The predicted molar refractivity (Wildman–Crippen MR) is 95.5 cm³/mol. The summed E-state index contributed by atoms with van der Waals surface area (Å²) in [5.74, 6) is 0. The zero-order valence-electron chi connectivity index (χ0n) is 14.3. The second-order valence-electron chi connectivity index (χ2n) is 7.23. The number of carboxylic acid groups (broad SMARTS) is 1. The highest BCUT2D eigenvalue weighted by atomic mass is 35.5. The largest absolute Gasteiger partial charge is 0.465 e. The van der Waals surface area contributed by atoms with Crippen molar-refractivity contribution in [3.63, 3.8) is 0 Å². The van der Waals surface area contributed by atoms with Crippen LogP contribution in [0.25, 0.3) is 0 Å². The highest BCUT2D eigenvalue weighted by Gasteiger charge is 2.39. The topological polar surface area (TPSA) is 76.4 Å². The van der Waals surface area contributed by atoms with Gasteiger partial charge in [-0.05, 0) is 51.8 Å². The maximum absolute atomic E-state index is 11.8. The van der Waals surface area contributed by atoms with E-state index in [-0.39, 0.29) is 12.1 Å². The van der Waals surface area contributed by atoms with Crippen LogP contribution in [-0.4, -0.2) is 33.7 Å². The van der Waals surface area contributed by atoms with Crippen LogP contribution in [0.15, 0.2) is 18.2 Å². The summed E-state index contributed by atoms with van der Waals surface area (Å²) in [7, 11) is 0. The third-order valence-electron chi connectivity index (χ3n) is 4.43. The van der Waals surface area contributed by atoms with Crippen molar-refractivity contribution in [2.45, 2.75) is 64.1 Å². The standard InChI is InChI=1S/C18H24ClN3O2/c1-18(2,3)22(17(23)24)16-7-5-4-6-14(16)21-15-10-13(19)9-8-12(15)11-20/h8-10,14,16,21H,4-7H2,1-3H3,(H,23,24)/t14-,16-/m1/s1. The van der Waals surface area contributed by atoms with Gasteiger partial charge in [0.2, 0.25) is 0 Å². The summed E-state index contributed by atoms with van der Waals surface area (Å²) in [6, 6.07) is 7.07. The van der Waals surface area contributed by atoms with Crippen LogP contribution in [0.4, 0.5) is 10.5 Å². The number of nitrogens with one attached hydrogen (secondary N) is 1. The first-order valence-corrected chi connectivity index (χ1v) is 8.60. The summed E-state index contributed by atoms with van der Waals surface area (Å²) >= 11 is 6.06. The lowest BCUT2D eigenvalue weighted by Crippen LogP contribution is -2.58. The Labute approximate surface area is 148 Å². The molecule has 1 aliphatic carbocycles. The summed E-state index contributed by atoms with van der Waals surface area (Å²) < 4.78 is 0. The molecule has 5 nitrogen and oxygen atoms in total. The van der Waals surface area contributed by atoms with Gasteiger partial charge < -0.3 is 10.4 Å². The molecular weight excluding hydrogens is 326 g/mol. The van der Waals surface area contributed by atoms with Crippen molar-refractivity contribution in [3.8, 4) is 6.07 Å². The molecule has 0 spiro atoms. The fourth-order valence-electron chi connectivity index (χ4n) is 3.45. The Balaban J connectivity index is 2.32. The summed E-state index contributed by atoms with van der Waals surface area (Å²) in [6.07, 6.45) is 2.80. The van der Waals surface area contributed by atoms with Crippen LogP contribution < -0.4 is 5.32 Å². The first kappa shape index (κ1) is 18.4. The van der Waals surface area contributed by atoms with Gasteiger partial charge in [0.25, 0.3) is 0 Å². The molecule has 0 bridgehead atoms. The summed E-state index contributed by atoms with van der Waals surface area (Å²) in [5.41, 5.74) is 0.697. The highest BCUT2D eigenvalue weighted by molar-refractivity contribution is 6.30. The smallest absolute Gasteiger partial charge is 0.408 e. The molecule has 24 heavy (non-hydrogen) atoms. The van der Waals surface area contributed by atoms with Gasteiger partial charge in [-0.1, -0.05) is 24.4 Å². The first-order chi connectivity index (χ1) is 11.2. The third kappa shape index (κ3) is 4.12. The second kappa shape index (κ2) is 7.31. The zero-order valence-corrected chi connectivity index (χ0v) is 15.1. The van der Waals surface area contributed by atoms with E-state index in [1.807, 2.05) is 20.8 Å². The summed E-state index contributed by atoms with van der Waals surface area (Å²) in [5, 5.41) is 22.9. The molecule has 1 aromatic rings. The van der Waals surface area contributed by atoms with Crippen molar-refractivity contribution >= 4 is 23.4 Å². The van der Waals surface area contributed by atoms with Crippen molar-refractivity contribution in [1.82, 2.24) is 4.90 Å². The molecule has 1 saturated carbocycles. The van der Waals surface area contributed by atoms with Gasteiger partial charge in [0.1, 0.15) is 6.07 Å². The van der Waals surface area contributed by atoms with E-state index in [1.165, 1.54) is 0 Å². The lowest BCUT2D eigenvalue weighted by atomic mass is 9.86. The van der Waals surface area contributed by atoms with Gasteiger partial charge in [-0.15, -0.1) is 0 Å². The minimum Gasteiger partial charge on any atom is -0.465 e. The van der Waals surface area contributed by atoms with E-state index in [2.05, 4.69) is 11.4 Å². The van der Waals surface area contributed by atoms with Crippen LogP contribution in [-0.2, 0) is 0 Å². The van der Waals surface area contributed by atoms with Gasteiger partial charge in [-0.3, -0.25) is 4.90 Å². The van der Waals surface area contributed by atoms with Gasteiger partial charge in [0.05, 0.1) is 17.3 Å². The van der Waals surface area contributed by atoms with Crippen LogP contribution >= 0.6 is 11.6 Å². The van der Waals surface area contributed by atoms with Crippen LogP contribution in [0.2, 0.25) is 5.02 Å². The van der Waals surface area contributed by atoms with Crippen molar-refractivity contribution in [2.24, 2.45) is 0 Å². The van der Waals surface area contributed by atoms with Crippen molar-refractivity contribution < 1.29 is 9.90 Å². The third-order valence-corrected chi connectivity index (χ3v) is 4.67. The molecule has 0 heterocycles. The van der Waals surface area contributed by atoms with Crippen LogP contribution in [0.3, 0.4) is 0 Å². The van der Waals surface area contributed by atoms with Crippen LogP contribution in [0, 0.1) is 11.3 Å². The molecule has 0 radical (unpaired) electrons. The number of amides is 1. The molecule has 1 amide bonds. The molecule has 0 saturated heterocycles. The molecule has 1 aliphatic rings. The number of hydrogen-bond donors (Lipinski definition) is 2. The molecule has 2 atom stereocenters. The second-order valence-corrected chi connectivity index (χ2v) is 7.66. The number of halogens is 1. The number of rotatable bonds is 3. The molecular formula is C18H24ClN3O2. The van der Waals surface area contributed by atoms with Gasteiger partial charge in [-0.2, -0.15) is 5.26 Å². The fourth-order valence-corrected chi connectivity index (χ4v) is 3.62. The monoisotopic (exact) mass is 349 g/mol. The highest BCUT2D eigenvalue weighted by Crippen LogP contribution is 2.32. The Morgan fingerprint density at radius 1 is 1.38 bits per heavy atom. The van der Waals surface area contributed by atoms with Crippen molar-refractivity contribution in [2.75, 3.05) is 5.32 Å². The van der Waals surface area contributed by atoms with Gasteiger partial charge in [0, 0.05) is 16.6 Å². The number of nitriles is 1. The zero-order chi connectivity index (χ0) is 17.9. The normalized spacial score (nSPS) is 21.0. The average Bonchev–Trinajstić information content (AvgIpc) is 2.47. The minimum atomic E-state index is -0.909. The predicted octanol–water partition coefficient (Wildman–Crippen LogP) is 4.71. The van der Waals surface area contributed by atoms with Crippen LogP contribution in [0.1, 0.15) is 52.0 Å². The maximum atomic E-state index is 11.8. The molecule has 0 aliphatic heterocycles. The number of hydrogen-bond acceptors (Lipinski definition) is 3. The summed E-state index contributed by atoms with van der Waals surface area (Å²) in [4.78, 5) is 13.4. The average molecular weight is 350 g/mol. The maximum Gasteiger partial charge on any atom is 0.408 e. The number of nitrogens with zero attached hydrogens (tertiary/aromatic N) is 2. The van der Waals surface area contributed by atoms with Crippen molar-refractivity contribution in [3.05, 3.63) is 28.8 Å². The molecule has 1 aromatic carbocycles. The van der Waals surface area contributed by atoms with E-state index in [9.17, 15) is 15.2 Å². The summed E-state index contributed by atoms with van der Waals surface area (Å²) in [6.45, 7) is 5.73. The van der Waals surface area contributed by atoms with E-state index in [1.54, 1.807) is 23.1 Å². The lowest BCUT2D eigenvalue weighted by Gasteiger charge is -2.45. The Morgan fingerprint density at radius 2 is 2.04 bits per heavy atom. The quantitative estimate of drug-likeness (QED) is 0.828. The van der Waals surface area contributed by atoms with Gasteiger partial charge >= 0.3 is 6.09 Å². The van der Waals surface area contributed by atoms with Crippen molar-refractivity contribution in [1.29, 1.82) is 5.26 Å². The Kier molecular flexibility index (Phi) is 5.61. The van der Waals surface area contributed by atoms with E-state index >= 15 is 0 Å². The Bertz CT molecular complexity index is 649. The molecule has 2 rings (SSSR count). The molecule has 130 valence electrons. The molecule has 2 N–H and O–H groups in total. The molecule has 1 fully saturated rings.